The number of nitrogens with one attached hydrogen (secondary N) is 1. The molecular formula is C22H20ClFN6O. The van der Waals surface area contributed by atoms with E-state index >= 15 is 0 Å². The summed E-state index contributed by atoms with van der Waals surface area (Å²) in [7, 11) is 0. The lowest BCUT2D eigenvalue weighted by molar-refractivity contribution is 0.0337. The van der Waals surface area contributed by atoms with Gasteiger partial charge >= 0.3 is 0 Å². The fourth-order valence-electron chi connectivity index (χ4n) is 3.61. The Bertz CT molecular complexity index is 1210. The lowest BCUT2D eigenvalue weighted by atomic mass is 10.0. The molecule has 0 aliphatic carbocycles. The molecule has 4 aromatic rings. The number of nitrogens with zero attached hydrogens (tertiary/aromatic N) is 5. The van der Waals surface area contributed by atoms with Crippen LogP contribution in [0.5, 0.6) is 0 Å². The summed E-state index contributed by atoms with van der Waals surface area (Å²) in [5.41, 5.74) is 3.58. The van der Waals surface area contributed by atoms with E-state index < -0.39 is 0 Å². The van der Waals surface area contributed by atoms with Crippen LogP contribution < -0.4 is 5.32 Å². The van der Waals surface area contributed by atoms with E-state index in [4.69, 9.17) is 16.3 Å². The first-order chi connectivity index (χ1) is 15.2. The lowest BCUT2D eigenvalue weighted by Crippen LogP contribution is -2.35. The summed E-state index contributed by atoms with van der Waals surface area (Å²) >= 11 is 5.83. The highest BCUT2D eigenvalue weighted by atomic mass is 35.5. The molecule has 5 rings (SSSR count). The van der Waals surface area contributed by atoms with Crippen molar-refractivity contribution in [1.29, 1.82) is 0 Å². The Kier molecular flexibility index (Phi) is 5.50. The minimum atomic E-state index is -0.226. The summed E-state index contributed by atoms with van der Waals surface area (Å²) in [5, 5.41) is 7.98. The molecule has 0 radical (unpaired) electrons. The van der Waals surface area contributed by atoms with Crippen molar-refractivity contribution in [2.45, 2.75) is 6.54 Å². The SMILES string of the molecule is Fc1cc(-c2cccn3nc(Nc4ccc(Cl)nc4)nc23)ccc1CN1CCOCC1. The summed E-state index contributed by atoms with van der Waals surface area (Å²) < 4.78 is 21.9. The number of pyridine rings is 2. The fourth-order valence-corrected chi connectivity index (χ4v) is 3.72. The largest absolute Gasteiger partial charge is 0.379 e. The van der Waals surface area contributed by atoms with Gasteiger partial charge in [0.1, 0.15) is 11.0 Å². The number of aromatic nitrogens is 4. The maximum Gasteiger partial charge on any atom is 0.247 e. The number of benzene rings is 1. The van der Waals surface area contributed by atoms with Crippen molar-refractivity contribution in [2.24, 2.45) is 0 Å². The van der Waals surface area contributed by atoms with Crippen LogP contribution in [-0.2, 0) is 11.3 Å². The summed E-state index contributed by atoms with van der Waals surface area (Å²) in [6, 6.07) is 12.6. The molecule has 1 saturated heterocycles. The van der Waals surface area contributed by atoms with Gasteiger partial charge in [-0.25, -0.2) is 13.9 Å². The number of morpholine rings is 1. The smallest absolute Gasteiger partial charge is 0.247 e. The molecule has 0 amide bonds. The van der Waals surface area contributed by atoms with Crippen molar-refractivity contribution >= 4 is 28.9 Å². The zero-order valence-electron chi connectivity index (χ0n) is 16.6. The van der Waals surface area contributed by atoms with Gasteiger partial charge in [-0.1, -0.05) is 23.7 Å². The third kappa shape index (κ3) is 4.36. The molecule has 1 fully saturated rings. The number of fused-ring (bicyclic) bond motifs is 1. The Morgan fingerprint density at radius 2 is 2.00 bits per heavy atom. The Labute approximate surface area is 183 Å². The van der Waals surface area contributed by atoms with Crippen LogP contribution in [0.25, 0.3) is 16.8 Å². The molecule has 0 bridgehead atoms. The van der Waals surface area contributed by atoms with Crippen LogP contribution in [0.4, 0.5) is 16.0 Å². The van der Waals surface area contributed by atoms with E-state index in [1.165, 1.54) is 0 Å². The van der Waals surface area contributed by atoms with Crippen molar-refractivity contribution in [3.8, 4) is 11.1 Å². The Morgan fingerprint density at radius 1 is 1.13 bits per heavy atom. The number of anilines is 2. The predicted molar refractivity (Wildman–Crippen MR) is 117 cm³/mol. The molecule has 0 spiro atoms. The number of rotatable bonds is 5. The number of ether oxygens (including phenoxy) is 1. The van der Waals surface area contributed by atoms with Crippen LogP contribution in [0.2, 0.25) is 5.15 Å². The van der Waals surface area contributed by atoms with E-state index in [0.29, 0.717) is 42.1 Å². The van der Waals surface area contributed by atoms with Crippen LogP contribution >= 0.6 is 11.6 Å². The summed E-state index contributed by atoms with van der Waals surface area (Å²) in [5.74, 6) is 0.192. The maximum atomic E-state index is 14.9. The molecule has 9 heteroatoms. The van der Waals surface area contributed by atoms with Crippen LogP contribution in [0.1, 0.15) is 5.56 Å². The first kappa shape index (κ1) is 19.9. The molecule has 0 atom stereocenters. The monoisotopic (exact) mass is 438 g/mol. The third-order valence-electron chi connectivity index (χ3n) is 5.21. The van der Waals surface area contributed by atoms with Crippen LogP contribution in [0.3, 0.4) is 0 Å². The number of hydrogen-bond donors (Lipinski definition) is 1. The normalized spacial score (nSPS) is 14.8. The first-order valence-corrected chi connectivity index (χ1v) is 10.4. The van der Waals surface area contributed by atoms with Crippen molar-refractivity contribution < 1.29 is 9.13 Å². The molecule has 1 aliphatic rings. The second kappa shape index (κ2) is 8.58. The summed E-state index contributed by atoms with van der Waals surface area (Å²) in [4.78, 5) is 10.8. The zero-order chi connectivity index (χ0) is 21.2. The van der Waals surface area contributed by atoms with Gasteiger partial charge in [0.25, 0.3) is 0 Å². The van der Waals surface area contributed by atoms with Crippen LogP contribution in [-0.4, -0.2) is 50.8 Å². The van der Waals surface area contributed by atoms with Gasteiger partial charge in [-0.15, -0.1) is 5.10 Å². The van der Waals surface area contributed by atoms with Crippen molar-refractivity contribution in [2.75, 3.05) is 31.6 Å². The lowest BCUT2D eigenvalue weighted by Gasteiger charge is -2.26. The zero-order valence-corrected chi connectivity index (χ0v) is 17.4. The second-order valence-corrected chi connectivity index (χ2v) is 7.70. The van der Waals surface area contributed by atoms with Gasteiger partial charge < -0.3 is 10.1 Å². The van der Waals surface area contributed by atoms with Crippen molar-refractivity contribution in [3.63, 3.8) is 0 Å². The van der Waals surface area contributed by atoms with Gasteiger partial charge in [0.2, 0.25) is 5.95 Å². The standard InChI is InChI=1S/C22H20ClFN6O/c23-20-6-5-17(13-25-20)26-22-27-21-18(2-1-7-30(21)28-22)15-3-4-16(19(24)12-15)14-29-8-10-31-11-9-29/h1-7,12-13H,8-11,14H2,(H,26,28). The first-order valence-electron chi connectivity index (χ1n) is 9.98. The summed E-state index contributed by atoms with van der Waals surface area (Å²) in [6.07, 6.45) is 3.41. The molecule has 0 saturated carbocycles. The Hall–Kier alpha value is -3.07. The van der Waals surface area contributed by atoms with E-state index in [1.807, 2.05) is 24.3 Å². The molecule has 3 aromatic heterocycles. The molecule has 31 heavy (non-hydrogen) atoms. The van der Waals surface area contributed by atoms with E-state index in [0.717, 1.165) is 29.9 Å². The highest BCUT2D eigenvalue weighted by Crippen LogP contribution is 2.27. The summed E-state index contributed by atoms with van der Waals surface area (Å²) in [6.45, 7) is 3.60. The van der Waals surface area contributed by atoms with Gasteiger partial charge in [-0.3, -0.25) is 4.90 Å². The van der Waals surface area contributed by atoms with Gasteiger partial charge in [0.05, 0.1) is 25.1 Å². The van der Waals surface area contributed by atoms with Gasteiger partial charge in [0.15, 0.2) is 5.65 Å². The molecule has 4 heterocycles. The fraction of sp³-hybridized carbons (Fsp3) is 0.227. The molecule has 1 N–H and O–H groups in total. The molecule has 158 valence electrons. The Morgan fingerprint density at radius 3 is 2.77 bits per heavy atom. The highest BCUT2D eigenvalue weighted by molar-refractivity contribution is 6.29. The average molecular weight is 439 g/mol. The molecule has 1 aliphatic heterocycles. The Balaban J connectivity index is 1.42. The number of hydrogen-bond acceptors (Lipinski definition) is 6. The molecular weight excluding hydrogens is 419 g/mol. The number of halogens is 2. The molecule has 7 nitrogen and oxygen atoms in total. The molecule has 0 unspecified atom stereocenters. The minimum Gasteiger partial charge on any atom is -0.379 e. The minimum absolute atomic E-state index is 0.226. The van der Waals surface area contributed by atoms with E-state index in [1.54, 1.807) is 35.1 Å². The maximum absolute atomic E-state index is 14.9. The van der Waals surface area contributed by atoms with Crippen molar-refractivity contribution in [3.05, 3.63) is 71.4 Å². The van der Waals surface area contributed by atoms with Gasteiger partial charge in [-0.2, -0.15) is 4.98 Å². The highest BCUT2D eigenvalue weighted by Gasteiger charge is 2.15. The van der Waals surface area contributed by atoms with Gasteiger partial charge in [0, 0.05) is 37.0 Å². The van der Waals surface area contributed by atoms with Crippen LogP contribution in [0, 0.1) is 5.82 Å². The topological polar surface area (TPSA) is 67.6 Å². The van der Waals surface area contributed by atoms with E-state index in [9.17, 15) is 4.39 Å². The quantitative estimate of drug-likeness (QED) is 0.472. The predicted octanol–water partition coefficient (Wildman–Crippen LogP) is 4.16. The second-order valence-electron chi connectivity index (χ2n) is 7.31. The van der Waals surface area contributed by atoms with E-state index in [2.05, 4.69) is 25.3 Å². The van der Waals surface area contributed by atoms with Crippen molar-refractivity contribution in [1.82, 2.24) is 24.5 Å². The third-order valence-corrected chi connectivity index (χ3v) is 5.43. The average Bonchev–Trinajstić information content (AvgIpc) is 3.20. The van der Waals surface area contributed by atoms with E-state index in [-0.39, 0.29) is 5.82 Å². The molecule has 1 aromatic carbocycles. The van der Waals surface area contributed by atoms with Gasteiger partial charge in [-0.05, 0) is 35.9 Å². The van der Waals surface area contributed by atoms with Crippen LogP contribution in [0.15, 0.2) is 54.9 Å².